The first kappa shape index (κ1) is 20.2. The summed E-state index contributed by atoms with van der Waals surface area (Å²) in [5.41, 5.74) is 6.16. The van der Waals surface area contributed by atoms with Gasteiger partial charge in [-0.05, 0) is 48.9 Å². The first-order valence-corrected chi connectivity index (χ1v) is 9.07. The van der Waals surface area contributed by atoms with Crippen molar-refractivity contribution in [2.75, 3.05) is 18.1 Å². The molecule has 9 heteroatoms. The van der Waals surface area contributed by atoms with E-state index >= 15 is 0 Å². The highest BCUT2D eigenvalue weighted by Gasteiger charge is 2.34. The van der Waals surface area contributed by atoms with Crippen molar-refractivity contribution < 1.29 is 23.9 Å². The van der Waals surface area contributed by atoms with Gasteiger partial charge in [-0.15, -0.1) is 0 Å². The molecule has 0 spiro atoms. The number of hydrogen-bond donors (Lipinski definition) is 2. The summed E-state index contributed by atoms with van der Waals surface area (Å²) in [6, 6.07) is 10.8. The molecule has 3 N–H and O–H groups in total. The summed E-state index contributed by atoms with van der Waals surface area (Å²) in [5, 5.41) is 2.96. The molecule has 0 atom stereocenters. The van der Waals surface area contributed by atoms with Crippen LogP contribution < -0.4 is 25.4 Å². The number of amides is 4. The van der Waals surface area contributed by atoms with Crippen molar-refractivity contribution in [1.82, 2.24) is 5.32 Å². The van der Waals surface area contributed by atoms with Crippen molar-refractivity contribution in [3.63, 3.8) is 0 Å². The second-order valence-electron chi connectivity index (χ2n) is 6.00. The molecule has 0 unspecified atom stereocenters. The van der Waals surface area contributed by atoms with Crippen LogP contribution in [0.15, 0.2) is 48.2 Å². The molecule has 29 heavy (non-hydrogen) atoms. The van der Waals surface area contributed by atoms with E-state index in [0.717, 1.165) is 4.90 Å². The minimum atomic E-state index is -0.612. The van der Waals surface area contributed by atoms with E-state index in [4.69, 9.17) is 26.8 Å². The number of ether oxygens (including phenoxy) is 2. The number of carbonyl (C=O) groups excluding carboxylic acids is 3. The highest BCUT2D eigenvalue weighted by molar-refractivity contribution is 6.32. The number of nitrogens with two attached hydrogens (primary N) is 1. The minimum absolute atomic E-state index is 0.100. The van der Waals surface area contributed by atoms with E-state index in [-0.39, 0.29) is 12.3 Å². The molecule has 4 amide bonds. The smallest absolute Gasteiger partial charge is 0.333 e. The third-order valence-electron chi connectivity index (χ3n) is 3.89. The van der Waals surface area contributed by atoms with Crippen LogP contribution >= 0.6 is 11.6 Å². The lowest BCUT2D eigenvalue weighted by Crippen LogP contribution is -2.30. The second-order valence-corrected chi connectivity index (χ2v) is 6.44. The van der Waals surface area contributed by atoms with E-state index in [1.807, 2.05) is 0 Å². The molecule has 1 aliphatic heterocycles. The minimum Gasteiger partial charge on any atom is -0.490 e. The molecular weight excluding hydrogens is 398 g/mol. The Morgan fingerprint density at radius 3 is 2.66 bits per heavy atom. The number of imide groups is 1. The van der Waals surface area contributed by atoms with E-state index in [9.17, 15) is 14.4 Å². The normalized spacial score (nSPS) is 14.8. The molecular formula is C20H18ClN3O5. The van der Waals surface area contributed by atoms with Gasteiger partial charge in [0, 0.05) is 5.02 Å². The monoisotopic (exact) mass is 415 g/mol. The van der Waals surface area contributed by atoms with Gasteiger partial charge < -0.3 is 20.5 Å². The molecule has 0 aliphatic carbocycles. The van der Waals surface area contributed by atoms with E-state index in [1.165, 1.54) is 12.1 Å². The zero-order valence-corrected chi connectivity index (χ0v) is 16.2. The number of urea groups is 1. The third kappa shape index (κ3) is 4.67. The van der Waals surface area contributed by atoms with Crippen LogP contribution in [0.2, 0.25) is 5.02 Å². The van der Waals surface area contributed by atoms with Crippen LogP contribution in [-0.2, 0) is 9.59 Å². The number of rotatable bonds is 7. The number of anilines is 1. The molecule has 0 bridgehead atoms. The van der Waals surface area contributed by atoms with Crippen molar-refractivity contribution in [2.24, 2.45) is 5.73 Å². The maximum absolute atomic E-state index is 12.7. The third-order valence-corrected chi connectivity index (χ3v) is 4.13. The quantitative estimate of drug-likeness (QED) is 0.533. The van der Waals surface area contributed by atoms with Crippen LogP contribution in [0.1, 0.15) is 12.5 Å². The van der Waals surface area contributed by atoms with Gasteiger partial charge in [0.1, 0.15) is 5.70 Å². The maximum atomic E-state index is 12.7. The Bertz CT molecular complexity index is 1010. The van der Waals surface area contributed by atoms with Crippen LogP contribution in [0.4, 0.5) is 10.5 Å². The van der Waals surface area contributed by atoms with Gasteiger partial charge in [0.15, 0.2) is 18.1 Å². The van der Waals surface area contributed by atoms with Crippen molar-refractivity contribution in [2.45, 2.75) is 6.92 Å². The number of halogens is 1. The highest BCUT2D eigenvalue weighted by atomic mass is 35.5. The lowest BCUT2D eigenvalue weighted by atomic mass is 10.1. The van der Waals surface area contributed by atoms with Crippen molar-refractivity contribution in [3.05, 3.63) is 58.7 Å². The molecule has 1 heterocycles. The maximum Gasteiger partial charge on any atom is 0.333 e. The summed E-state index contributed by atoms with van der Waals surface area (Å²) < 4.78 is 10.8. The number of hydrogen-bond acceptors (Lipinski definition) is 5. The molecule has 3 rings (SSSR count). The Kier molecular flexibility index (Phi) is 6.04. The van der Waals surface area contributed by atoms with Gasteiger partial charge in [0.2, 0.25) is 0 Å². The van der Waals surface area contributed by atoms with Crippen molar-refractivity contribution in [1.29, 1.82) is 0 Å². The summed E-state index contributed by atoms with van der Waals surface area (Å²) in [7, 11) is 0. The summed E-state index contributed by atoms with van der Waals surface area (Å²) in [6.07, 6.45) is 1.52. The van der Waals surface area contributed by atoms with Crippen LogP contribution in [0, 0.1) is 0 Å². The summed E-state index contributed by atoms with van der Waals surface area (Å²) in [4.78, 5) is 36.9. The highest BCUT2D eigenvalue weighted by Crippen LogP contribution is 2.30. The molecule has 8 nitrogen and oxygen atoms in total. The van der Waals surface area contributed by atoms with Crippen LogP contribution in [0.25, 0.3) is 6.08 Å². The van der Waals surface area contributed by atoms with Crippen molar-refractivity contribution in [3.8, 4) is 11.5 Å². The van der Waals surface area contributed by atoms with Crippen LogP contribution in [-0.4, -0.2) is 31.1 Å². The van der Waals surface area contributed by atoms with Crippen LogP contribution in [0.5, 0.6) is 11.5 Å². The number of carbonyl (C=O) groups is 3. The molecule has 1 fully saturated rings. The standard InChI is InChI=1S/C20H18ClN3O5/c1-2-28-17-9-12(6-7-16(17)29-11-18(22)25)8-15-19(26)24(20(27)23-15)14-5-3-4-13(21)10-14/h3-10H,2,11H2,1H3,(H2,22,25)(H,23,27). The average molecular weight is 416 g/mol. The summed E-state index contributed by atoms with van der Waals surface area (Å²) >= 11 is 5.95. The largest absolute Gasteiger partial charge is 0.490 e. The fourth-order valence-electron chi connectivity index (χ4n) is 2.70. The van der Waals surface area contributed by atoms with E-state index in [0.29, 0.717) is 34.4 Å². The van der Waals surface area contributed by atoms with Gasteiger partial charge in [-0.2, -0.15) is 0 Å². The van der Waals surface area contributed by atoms with Gasteiger partial charge in [-0.3, -0.25) is 9.59 Å². The average Bonchev–Trinajstić information content (AvgIpc) is 2.94. The van der Waals surface area contributed by atoms with E-state index < -0.39 is 17.8 Å². The Morgan fingerprint density at radius 1 is 1.17 bits per heavy atom. The van der Waals surface area contributed by atoms with Crippen molar-refractivity contribution >= 4 is 41.2 Å². The van der Waals surface area contributed by atoms with Crippen LogP contribution in [0.3, 0.4) is 0 Å². The predicted octanol–water partition coefficient (Wildman–Crippen LogP) is 2.70. The predicted molar refractivity (Wildman–Crippen MR) is 108 cm³/mol. The van der Waals surface area contributed by atoms with Gasteiger partial charge in [0.05, 0.1) is 12.3 Å². The van der Waals surface area contributed by atoms with Gasteiger partial charge in [-0.25, -0.2) is 9.69 Å². The Labute approximate surface area is 171 Å². The zero-order chi connectivity index (χ0) is 21.0. The molecule has 0 aromatic heterocycles. The first-order chi connectivity index (χ1) is 13.9. The molecule has 0 saturated carbocycles. The van der Waals surface area contributed by atoms with Gasteiger partial charge in [0.25, 0.3) is 11.8 Å². The Morgan fingerprint density at radius 2 is 1.97 bits per heavy atom. The van der Waals surface area contributed by atoms with Gasteiger partial charge in [-0.1, -0.05) is 23.7 Å². The summed E-state index contributed by atoms with van der Waals surface area (Å²) in [5.74, 6) is -0.398. The SMILES string of the molecule is CCOc1cc(C=C2NC(=O)N(c3cccc(Cl)c3)C2=O)ccc1OCC(N)=O. The first-order valence-electron chi connectivity index (χ1n) is 8.69. The topological polar surface area (TPSA) is 111 Å². The zero-order valence-electron chi connectivity index (χ0n) is 15.5. The lowest BCUT2D eigenvalue weighted by Gasteiger charge is -2.12. The number of primary amides is 1. The molecule has 1 aliphatic rings. The number of nitrogens with one attached hydrogen (secondary N) is 1. The van der Waals surface area contributed by atoms with E-state index in [1.54, 1.807) is 43.3 Å². The van der Waals surface area contributed by atoms with Gasteiger partial charge >= 0.3 is 6.03 Å². The second kappa shape index (κ2) is 8.66. The molecule has 0 radical (unpaired) electrons. The Hall–Kier alpha value is -3.52. The fraction of sp³-hybridized carbons (Fsp3) is 0.150. The molecule has 150 valence electrons. The Balaban J connectivity index is 1.87. The van der Waals surface area contributed by atoms with E-state index in [2.05, 4.69) is 5.32 Å². The molecule has 1 saturated heterocycles. The number of nitrogens with zero attached hydrogens (tertiary/aromatic N) is 1. The molecule has 2 aromatic carbocycles. The molecule has 2 aromatic rings. The fourth-order valence-corrected chi connectivity index (χ4v) is 2.89. The summed E-state index contributed by atoms with van der Waals surface area (Å²) in [6.45, 7) is 1.88. The lowest BCUT2D eigenvalue weighted by molar-refractivity contribution is -0.120. The number of benzene rings is 2.